The van der Waals surface area contributed by atoms with Crippen molar-refractivity contribution in [3.63, 3.8) is 0 Å². The SMILES string of the molecule is CCOc1ncccc1CNC(=O)CCSc1ccc(OC)cc1. The minimum Gasteiger partial charge on any atom is -0.497 e. The highest BCUT2D eigenvalue weighted by atomic mass is 32.2. The zero-order valence-corrected chi connectivity index (χ0v) is 14.8. The number of nitrogens with one attached hydrogen (secondary N) is 1. The molecule has 0 spiro atoms. The molecule has 5 nitrogen and oxygen atoms in total. The van der Waals surface area contributed by atoms with Crippen LogP contribution < -0.4 is 14.8 Å². The maximum absolute atomic E-state index is 12.0. The fourth-order valence-electron chi connectivity index (χ4n) is 2.04. The van der Waals surface area contributed by atoms with E-state index in [4.69, 9.17) is 9.47 Å². The molecule has 0 atom stereocenters. The highest BCUT2D eigenvalue weighted by molar-refractivity contribution is 7.99. The van der Waals surface area contributed by atoms with E-state index in [0.29, 0.717) is 25.5 Å². The van der Waals surface area contributed by atoms with E-state index in [1.807, 2.05) is 43.3 Å². The number of benzene rings is 1. The molecular formula is C18H22N2O3S. The molecule has 1 heterocycles. The first kappa shape index (κ1) is 18.1. The van der Waals surface area contributed by atoms with Crippen LogP contribution in [0.25, 0.3) is 0 Å². The van der Waals surface area contributed by atoms with E-state index in [0.717, 1.165) is 22.0 Å². The Morgan fingerprint density at radius 1 is 1.25 bits per heavy atom. The molecule has 1 N–H and O–H groups in total. The van der Waals surface area contributed by atoms with E-state index in [1.54, 1.807) is 25.1 Å². The first-order valence-electron chi connectivity index (χ1n) is 7.83. The molecule has 1 aromatic heterocycles. The predicted octanol–water partition coefficient (Wildman–Crippen LogP) is 3.29. The Balaban J connectivity index is 1.73. The number of pyridine rings is 1. The maximum atomic E-state index is 12.0. The van der Waals surface area contributed by atoms with Gasteiger partial charge in [-0.3, -0.25) is 4.79 Å². The van der Waals surface area contributed by atoms with Crippen molar-refractivity contribution in [2.45, 2.75) is 24.8 Å². The van der Waals surface area contributed by atoms with Crippen LogP contribution in [0, 0.1) is 0 Å². The normalized spacial score (nSPS) is 10.2. The van der Waals surface area contributed by atoms with Gasteiger partial charge in [-0.2, -0.15) is 0 Å². The molecule has 0 unspecified atom stereocenters. The Morgan fingerprint density at radius 3 is 2.75 bits per heavy atom. The second-order valence-corrected chi connectivity index (χ2v) is 6.12. The maximum Gasteiger partial charge on any atom is 0.221 e. The standard InChI is InChI=1S/C18H22N2O3S/c1-3-23-18-14(5-4-11-19-18)13-20-17(21)10-12-24-16-8-6-15(22-2)7-9-16/h4-9,11H,3,10,12-13H2,1-2H3,(H,20,21). The van der Waals surface area contributed by atoms with Gasteiger partial charge < -0.3 is 14.8 Å². The van der Waals surface area contributed by atoms with Crippen molar-refractivity contribution < 1.29 is 14.3 Å². The fourth-order valence-corrected chi connectivity index (χ4v) is 2.89. The molecule has 0 bridgehead atoms. The quantitative estimate of drug-likeness (QED) is 0.706. The van der Waals surface area contributed by atoms with Crippen molar-refractivity contribution in [2.75, 3.05) is 19.5 Å². The number of rotatable bonds is 9. The van der Waals surface area contributed by atoms with Crippen LogP contribution in [0.5, 0.6) is 11.6 Å². The van der Waals surface area contributed by atoms with Gasteiger partial charge in [-0.05, 0) is 37.3 Å². The monoisotopic (exact) mass is 346 g/mol. The lowest BCUT2D eigenvalue weighted by molar-refractivity contribution is -0.120. The Morgan fingerprint density at radius 2 is 2.04 bits per heavy atom. The molecule has 0 aliphatic heterocycles. The molecule has 24 heavy (non-hydrogen) atoms. The topological polar surface area (TPSA) is 60.5 Å². The van der Waals surface area contributed by atoms with Gasteiger partial charge in [0.05, 0.1) is 13.7 Å². The number of aromatic nitrogens is 1. The first-order valence-corrected chi connectivity index (χ1v) is 8.81. The number of hydrogen-bond acceptors (Lipinski definition) is 5. The molecule has 128 valence electrons. The average molecular weight is 346 g/mol. The second-order valence-electron chi connectivity index (χ2n) is 4.95. The molecule has 2 rings (SSSR count). The van der Waals surface area contributed by atoms with E-state index < -0.39 is 0 Å². The van der Waals surface area contributed by atoms with E-state index >= 15 is 0 Å². The van der Waals surface area contributed by atoms with E-state index in [9.17, 15) is 4.79 Å². The molecule has 0 fully saturated rings. The number of thioether (sulfide) groups is 1. The van der Waals surface area contributed by atoms with Crippen molar-refractivity contribution in [1.29, 1.82) is 0 Å². The third-order valence-electron chi connectivity index (χ3n) is 3.26. The van der Waals surface area contributed by atoms with E-state index in [2.05, 4.69) is 10.3 Å². The molecule has 1 amide bonds. The minimum atomic E-state index is 0.0160. The molecule has 1 aromatic carbocycles. The summed E-state index contributed by atoms with van der Waals surface area (Å²) < 4.78 is 10.6. The predicted molar refractivity (Wildman–Crippen MR) is 95.6 cm³/mol. The van der Waals surface area contributed by atoms with Gasteiger partial charge in [0.2, 0.25) is 11.8 Å². The van der Waals surface area contributed by atoms with Crippen LogP contribution in [0.15, 0.2) is 47.5 Å². The fraction of sp³-hybridized carbons (Fsp3) is 0.333. The molecule has 0 saturated carbocycles. The third-order valence-corrected chi connectivity index (χ3v) is 4.28. The van der Waals surface area contributed by atoms with Gasteiger partial charge in [0.1, 0.15) is 5.75 Å². The summed E-state index contributed by atoms with van der Waals surface area (Å²) in [7, 11) is 1.64. The lowest BCUT2D eigenvalue weighted by Crippen LogP contribution is -2.23. The largest absolute Gasteiger partial charge is 0.497 e. The average Bonchev–Trinajstić information content (AvgIpc) is 2.62. The Bertz CT molecular complexity index is 647. The molecule has 0 saturated heterocycles. The lowest BCUT2D eigenvalue weighted by Gasteiger charge is -2.09. The first-order chi connectivity index (χ1) is 11.7. The second kappa shape index (κ2) is 9.82. The summed E-state index contributed by atoms with van der Waals surface area (Å²) in [5.41, 5.74) is 0.885. The molecular weight excluding hydrogens is 324 g/mol. The zero-order chi connectivity index (χ0) is 17.2. The number of nitrogens with zero attached hydrogens (tertiary/aromatic N) is 1. The Labute approximate surface area is 146 Å². The smallest absolute Gasteiger partial charge is 0.221 e. The summed E-state index contributed by atoms with van der Waals surface area (Å²) >= 11 is 1.65. The summed E-state index contributed by atoms with van der Waals surface area (Å²) in [5.74, 6) is 2.15. The van der Waals surface area contributed by atoms with Crippen molar-refractivity contribution >= 4 is 17.7 Å². The van der Waals surface area contributed by atoms with Crippen LogP contribution in [-0.4, -0.2) is 30.4 Å². The minimum absolute atomic E-state index is 0.0160. The van der Waals surface area contributed by atoms with Crippen molar-refractivity contribution in [3.05, 3.63) is 48.2 Å². The lowest BCUT2D eigenvalue weighted by atomic mass is 10.2. The van der Waals surface area contributed by atoms with Gasteiger partial charge in [-0.15, -0.1) is 11.8 Å². The molecule has 6 heteroatoms. The van der Waals surface area contributed by atoms with Gasteiger partial charge in [0.15, 0.2) is 0 Å². The number of amides is 1. The van der Waals surface area contributed by atoms with Crippen LogP contribution in [0.3, 0.4) is 0 Å². The van der Waals surface area contributed by atoms with Gasteiger partial charge >= 0.3 is 0 Å². The number of carbonyl (C=O) groups excluding carboxylic acids is 1. The van der Waals surface area contributed by atoms with Crippen molar-refractivity contribution in [3.8, 4) is 11.6 Å². The number of methoxy groups -OCH3 is 1. The summed E-state index contributed by atoms with van der Waals surface area (Å²) in [4.78, 5) is 17.3. The molecule has 2 aromatic rings. The molecule has 0 aliphatic rings. The number of ether oxygens (including phenoxy) is 2. The summed E-state index contributed by atoms with van der Waals surface area (Å²) in [5, 5.41) is 2.91. The van der Waals surface area contributed by atoms with Crippen LogP contribution in [0.4, 0.5) is 0 Å². The van der Waals surface area contributed by atoms with Crippen LogP contribution in [0.1, 0.15) is 18.9 Å². The van der Waals surface area contributed by atoms with E-state index in [1.165, 1.54) is 0 Å². The van der Waals surface area contributed by atoms with Crippen LogP contribution >= 0.6 is 11.8 Å². The van der Waals surface area contributed by atoms with E-state index in [-0.39, 0.29) is 5.91 Å². The molecule has 0 aliphatic carbocycles. The number of hydrogen-bond donors (Lipinski definition) is 1. The Kier molecular flexibility index (Phi) is 7.42. The van der Waals surface area contributed by atoms with Gasteiger partial charge in [0.25, 0.3) is 0 Å². The third kappa shape index (κ3) is 5.77. The summed E-state index contributed by atoms with van der Waals surface area (Å²) in [6.07, 6.45) is 2.14. The number of carbonyl (C=O) groups is 1. The van der Waals surface area contributed by atoms with Crippen LogP contribution in [-0.2, 0) is 11.3 Å². The van der Waals surface area contributed by atoms with Gasteiger partial charge in [-0.1, -0.05) is 6.07 Å². The van der Waals surface area contributed by atoms with Gasteiger partial charge in [-0.25, -0.2) is 4.98 Å². The molecule has 0 radical (unpaired) electrons. The zero-order valence-electron chi connectivity index (χ0n) is 14.0. The highest BCUT2D eigenvalue weighted by Crippen LogP contribution is 2.21. The van der Waals surface area contributed by atoms with Crippen molar-refractivity contribution in [1.82, 2.24) is 10.3 Å². The summed E-state index contributed by atoms with van der Waals surface area (Å²) in [6, 6.07) is 11.6. The van der Waals surface area contributed by atoms with Crippen molar-refractivity contribution in [2.24, 2.45) is 0 Å². The summed E-state index contributed by atoms with van der Waals surface area (Å²) in [6.45, 7) is 2.89. The van der Waals surface area contributed by atoms with Gasteiger partial charge in [0, 0.05) is 35.4 Å². The Hall–Kier alpha value is -2.21. The highest BCUT2D eigenvalue weighted by Gasteiger charge is 2.07. The van der Waals surface area contributed by atoms with Crippen LogP contribution in [0.2, 0.25) is 0 Å².